The van der Waals surface area contributed by atoms with Gasteiger partial charge in [0.25, 0.3) is 0 Å². The van der Waals surface area contributed by atoms with Crippen molar-refractivity contribution < 1.29 is 29.6 Å². The molecular weight excluding hydrogens is 312 g/mol. The smallest absolute Gasteiger partial charge is 0.308 e. The summed E-state index contributed by atoms with van der Waals surface area (Å²) in [5.74, 6) is -0.0148. The normalized spacial score (nSPS) is 12.1. The highest BCUT2D eigenvalue weighted by Gasteiger charge is 2.14. The average Bonchev–Trinajstić information content (AvgIpc) is 2.53. The second-order valence-corrected chi connectivity index (χ2v) is 5.04. The highest BCUT2D eigenvalue weighted by atomic mass is 16.5. The third kappa shape index (κ3) is 4.27. The quantitative estimate of drug-likeness (QED) is 0.576. The summed E-state index contributed by atoms with van der Waals surface area (Å²) < 4.78 is 10.2. The van der Waals surface area contributed by atoms with Crippen LogP contribution in [0, 0.1) is 0 Å². The van der Waals surface area contributed by atoms with Crippen molar-refractivity contribution in [3.63, 3.8) is 0 Å². The lowest BCUT2D eigenvalue weighted by atomic mass is 10.1. The molecule has 0 radical (unpaired) electrons. The van der Waals surface area contributed by atoms with E-state index in [2.05, 4.69) is 0 Å². The van der Waals surface area contributed by atoms with Crippen LogP contribution >= 0.6 is 0 Å². The number of phenolic OH excluding ortho intramolecular Hbond substituents is 2. The standard InChI is InChI=1S/C18H18O6/c1-11(19)24-18-10-14(23-2)6-7-15(18)16(21)8-4-12-3-5-13(20)9-17(12)22/h3-10,16,20-22H,1-2H3. The molecule has 0 aliphatic heterocycles. The Balaban J connectivity index is 2.29. The molecule has 3 N–H and O–H groups in total. The van der Waals surface area contributed by atoms with E-state index in [0.29, 0.717) is 16.9 Å². The number of aromatic hydroxyl groups is 2. The van der Waals surface area contributed by atoms with Gasteiger partial charge in [-0.25, -0.2) is 0 Å². The molecule has 1 atom stereocenters. The van der Waals surface area contributed by atoms with E-state index >= 15 is 0 Å². The topological polar surface area (TPSA) is 96.2 Å². The Morgan fingerprint density at radius 2 is 1.92 bits per heavy atom. The number of methoxy groups -OCH3 is 1. The molecule has 0 aliphatic carbocycles. The van der Waals surface area contributed by atoms with Gasteiger partial charge in [0.05, 0.1) is 7.11 Å². The first-order valence-electron chi connectivity index (χ1n) is 7.15. The van der Waals surface area contributed by atoms with Crippen molar-refractivity contribution in [3.05, 3.63) is 53.6 Å². The van der Waals surface area contributed by atoms with E-state index in [1.807, 2.05) is 0 Å². The van der Waals surface area contributed by atoms with Gasteiger partial charge in [0, 0.05) is 30.2 Å². The summed E-state index contributed by atoms with van der Waals surface area (Å²) in [5.41, 5.74) is 0.801. The van der Waals surface area contributed by atoms with Crippen LogP contribution in [0.3, 0.4) is 0 Å². The van der Waals surface area contributed by atoms with Crippen LogP contribution in [0.2, 0.25) is 0 Å². The molecule has 0 saturated heterocycles. The second kappa shape index (κ2) is 7.52. The molecule has 2 aromatic carbocycles. The van der Waals surface area contributed by atoms with Crippen LogP contribution in [0.5, 0.6) is 23.0 Å². The predicted octanol–water partition coefficient (Wildman–Crippen LogP) is 2.78. The Kier molecular flexibility index (Phi) is 5.44. The maximum Gasteiger partial charge on any atom is 0.308 e. The fourth-order valence-electron chi connectivity index (χ4n) is 2.10. The lowest BCUT2D eigenvalue weighted by Crippen LogP contribution is -2.06. The summed E-state index contributed by atoms with van der Waals surface area (Å²) in [6.07, 6.45) is 1.86. The summed E-state index contributed by atoms with van der Waals surface area (Å²) >= 11 is 0. The Morgan fingerprint density at radius 1 is 1.17 bits per heavy atom. The van der Waals surface area contributed by atoms with Gasteiger partial charge < -0.3 is 24.8 Å². The number of rotatable bonds is 5. The van der Waals surface area contributed by atoms with Crippen molar-refractivity contribution in [2.24, 2.45) is 0 Å². The van der Waals surface area contributed by atoms with Gasteiger partial charge in [-0.2, -0.15) is 0 Å². The van der Waals surface area contributed by atoms with Crippen LogP contribution in [-0.2, 0) is 4.79 Å². The Morgan fingerprint density at radius 3 is 2.54 bits per heavy atom. The van der Waals surface area contributed by atoms with Crippen LogP contribution in [0.15, 0.2) is 42.5 Å². The van der Waals surface area contributed by atoms with E-state index in [4.69, 9.17) is 9.47 Å². The predicted molar refractivity (Wildman–Crippen MR) is 88.1 cm³/mol. The summed E-state index contributed by atoms with van der Waals surface area (Å²) in [7, 11) is 1.48. The van der Waals surface area contributed by atoms with Crippen molar-refractivity contribution in [1.29, 1.82) is 0 Å². The molecule has 24 heavy (non-hydrogen) atoms. The number of esters is 1. The third-order valence-corrected chi connectivity index (χ3v) is 3.27. The number of ether oxygens (including phenoxy) is 2. The first-order valence-corrected chi connectivity index (χ1v) is 7.15. The summed E-state index contributed by atoms with van der Waals surface area (Å²) in [5, 5.41) is 29.3. The number of phenols is 2. The highest BCUT2D eigenvalue weighted by Crippen LogP contribution is 2.31. The monoisotopic (exact) mass is 330 g/mol. The largest absolute Gasteiger partial charge is 0.508 e. The fraction of sp³-hybridized carbons (Fsp3) is 0.167. The van der Waals surface area contributed by atoms with Gasteiger partial charge in [0.2, 0.25) is 0 Å². The van der Waals surface area contributed by atoms with E-state index in [-0.39, 0.29) is 17.2 Å². The van der Waals surface area contributed by atoms with E-state index in [1.165, 1.54) is 50.5 Å². The summed E-state index contributed by atoms with van der Waals surface area (Å²) in [6, 6.07) is 8.86. The van der Waals surface area contributed by atoms with Crippen molar-refractivity contribution in [1.82, 2.24) is 0 Å². The Labute approximate surface area is 139 Å². The third-order valence-electron chi connectivity index (χ3n) is 3.27. The second-order valence-electron chi connectivity index (χ2n) is 5.04. The van der Waals surface area contributed by atoms with Gasteiger partial charge in [-0.15, -0.1) is 0 Å². The minimum atomic E-state index is -1.07. The van der Waals surface area contributed by atoms with Gasteiger partial charge in [-0.05, 0) is 24.3 Å². The van der Waals surface area contributed by atoms with Gasteiger partial charge in [0.15, 0.2) is 0 Å². The number of aliphatic hydroxyl groups excluding tert-OH is 1. The van der Waals surface area contributed by atoms with Crippen molar-refractivity contribution in [3.8, 4) is 23.0 Å². The average molecular weight is 330 g/mol. The molecule has 1 unspecified atom stereocenters. The molecule has 2 aromatic rings. The zero-order valence-corrected chi connectivity index (χ0v) is 13.3. The molecule has 126 valence electrons. The lowest BCUT2D eigenvalue weighted by Gasteiger charge is -2.13. The maximum absolute atomic E-state index is 11.2. The zero-order valence-electron chi connectivity index (χ0n) is 13.3. The van der Waals surface area contributed by atoms with Crippen LogP contribution < -0.4 is 9.47 Å². The minimum Gasteiger partial charge on any atom is -0.508 e. The SMILES string of the molecule is COc1ccc(C(O)C=Cc2ccc(O)cc2O)c(OC(C)=O)c1. The number of aliphatic hydroxyl groups is 1. The van der Waals surface area contributed by atoms with E-state index < -0.39 is 12.1 Å². The number of hydrogen-bond acceptors (Lipinski definition) is 6. The van der Waals surface area contributed by atoms with Crippen molar-refractivity contribution >= 4 is 12.0 Å². The van der Waals surface area contributed by atoms with E-state index in [0.717, 1.165) is 0 Å². The van der Waals surface area contributed by atoms with Crippen molar-refractivity contribution in [2.45, 2.75) is 13.0 Å². The summed E-state index contributed by atoms with van der Waals surface area (Å²) in [6.45, 7) is 1.26. The van der Waals surface area contributed by atoms with Crippen molar-refractivity contribution in [2.75, 3.05) is 7.11 Å². The van der Waals surface area contributed by atoms with Crippen LogP contribution in [0.4, 0.5) is 0 Å². The van der Waals surface area contributed by atoms with Crippen LogP contribution in [0.25, 0.3) is 6.08 Å². The molecule has 0 aliphatic rings. The van der Waals surface area contributed by atoms with Gasteiger partial charge >= 0.3 is 5.97 Å². The summed E-state index contributed by atoms with van der Waals surface area (Å²) in [4.78, 5) is 11.2. The van der Waals surface area contributed by atoms with Gasteiger partial charge in [-0.3, -0.25) is 4.79 Å². The zero-order chi connectivity index (χ0) is 17.7. The number of carbonyl (C=O) groups excluding carboxylic acids is 1. The molecule has 2 rings (SSSR count). The molecule has 6 heteroatoms. The molecule has 0 aromatic heterocycles. The Bertz CT molecular complexity index is 766. The molecule has 0 fully saturated rings. The molecule has 6 nitrogen and oxygen atoms in total. The molecule has 0 heterocycles. The molecule has 0 bridgehead atoms. The molecule has 0 spiro atoms. The fourth-order valence-corrected chi connectivity index (χ4v) is 2.10. The first-order chi connectivity index (χ1) is 11.4. The highest BCUT2D eigenvalue weighted by molar-refractivity contribution is 5.70. The van der Waals surface area contributed by atoms with E-state index in [9.17, 15) is 20.1 Å². The van der Waals surface area contributed by atoms with Gasteiger partial charge in [-0.1, -0.05) is 12.2 Å². The number of carbonyl (C=O) groups is 1. The maximum atomic E-state index is 11.2. The lowest BCUT2D eigenvalue weighted by molar-refractivity contribution is -0.131. The minimum absolute atomic E-state index is 0.0579. The number of benzene rings is 2. The molecule has 0 saturated carbocycles. The Hall–Kier alpha value is -2.99. The van der Waals surface area contributed by atoms with Crippen LogP contribution in [-0.4, -0.2) is 28.4 Å². The van der Waals surface area contributed by atoms with E-state index in [1.54, 1.807) is 12.1 Å². The molecule has 0 amide bonds. The van der Waals surface area contributed by atoms with Gasteiger partial charge in [0.1, 0.15) is 29.1 Å². The first kappa shape index (κ1) is 17.4. The van der Waals surface area contributed by atoms with Crippen LogP contribution in [0.1, 0.15) is 24.2 Å². The number of hydrogen-bond donors (Lipinski definition) is 3. The molecular formula is C18H18O6.